The van der Waals surface area contributed by atoms with E-state index in [4.69, 9.17) is 24.5 Å². The van der Waals surface area contributed by atoms with E-state index in [1.807, 2.05) is 13.1 Å². The van der Waals surface area contributed by atoms with Gasteiger partial charge in [0.25, 0.3) is 0 Å². The molecule has 5 rings (SSSR count). The Kier molecular flexibility index (Phi) is 11.3. The van der Waals surface area contributed by atoms with E-state index in [0.717, 1.165) is 73.5 Å². The van der Waals surface area contributed by atoms with Crippen LogP contribution in [0.3, 0.4) is 0 Å². The molecule has 3 aromatic heterocycles. The molecule has 48 heavy (non-hydrogen) atoms. The molecule has 1 amide bonds. The van der Waals surface area contributed by atoms with E-state index in [-0.39, 0.29) is 24.3 Å². The maximum Gasteiger partial charge on any atom is 0.222 e. The number of aliphatic hydroxyl groups is 1. The molecule has 0 saturated heterocycles. The van der Waals surface area contributed by atoms with Crippen molar-refractivity contribution < 1.29 is 19.4 Å². The van der Waals surface area contributed by atoms with Crippen LogP contribution >= 0.6 is 0 Å². The van der Waals surface area contributed by atoms with Crippen molar-refractivity contribution in [3.8, 4) is 0 Å². The van der Waals surface area contributed by atoms with Gasteiger partial charge in [0.15, 0.2) is 0 Å². The number of likely N-dealkylation sites (N-methyl/N-ethyl adjacent to an activating group) is 1. The lowest BCUT2D eigenvalue weighted by atomic mass is 9.86. The van der Waals surface area contributed by atoms with E-state index < -0.39 is 0 Å². The number of aromatic amines is 2. The predicted octanol–water partition coefficient (Wildman–Crippen LogP) is 7.38. The van der Waals surface area contributed by atoms with E-state index >= 15 is 0 Å². The average molecular weight is 654 g/mol. The van der Waals surface area contributed by atoms with Gasteiger partial charge in [-0.3, -0.25) is 9.78 Å². The summed E-state index contributed by atoms with van der Waals surface area (Å²) in [5.41, 5.74) is 14.9. The van der Waals surface area contributed by atoms with Crippen LogP contribution in [-0.2, 0) is 14.3 Å². The molecule has 2 aliphatic heterocycles. The number of carbonyl (C=O) groups is 1. The van der Waals surface area contributed by atoms with Crippen molar-refractivity contribution in [1.82, 2.24) is 24.8 Å². The number of aliphatic hydroxyl groups excluding tert-OH is 1. The highest BCUT2D eigenvalue weighted by molar-refractivity contribution is 5.93. The van der Waals surface area contributed by atoms with Crippen LogP contribution in [0.5, 0.6) is 0 Å². The van der Waals surface area contributed by atoms with Gasteiger partial charge >= 0.3 is 0 Å². The minimum absolute atomic E-state index is 0.00320. The van der Waals surface area contributed by atoms with Gasteiger partial charge in [0.1, 0.15) is 0 Å². The number of rotatable bonds is 13. The standard InChI is InChI=1S/C39H51N5O4/c1-9-28-25(5)34-22-37-29(10-2)24(4)33(41-37)21-35-26(6)30(11-12-38(46)44(8)13-15-47-17-18-48-16-14-45)39(43-35)27(7)32-19-23(3)31(40-32)20-36(28)42-34/h10,19-22,26,30,40-41,45H,2,9,11-18H2,1,3-8H3/t26-,30-/m0/s1. The van der Waals surface area contributed by atoms with Gasteiger partial charge in [-0.05, 0) is 92.6 Å². The van der Waals surface area contributed by atoms with Gasteiger partial charge in [-0.1, -0.05) is 26.5 Å². The predicted molar refractivity (Wildman–Crippen MR) is 195 cm³/mol. The Morgan fingerprint density at radius 2 is 1.62 bits per heavy atom. The van der Waals surface area contributed by atoms with Crippen molar-refractivity contribution in [2.24, 2.45) is 0 Å². The minimum Gasteiger partial charge on any atom is -0.394 e. The SMILES string of the molecule is C=Cc1c(C)c2cc3nc(c(C)c4cc(C)c(cc5nc(cc1[nH]2)C(C)=C5CC)[nH]4)[C@@H](CCC(=O)N(C)CCOCCOCCO)[C@@H]3C. The van der Waals surface area contributed by atoms with Crippen LogP contribution in [0.15, 0.2) is 30.8 Å². The van der Waals surface area contributed by atoms with E-state index in [9.17, 15) is 4.79 Å². The Morgan fingerprint density at radius 1 is 0.938 bits per heavy atom. The maximum absolute atomic E-state index is 13.3. The third-order valence-electron chi connectivity index (χ3n) is 9.95. The second kappa shape index (κ2) is 15.4. The first kappa shape index (κ1) is 35.3. The van der Waals surface area contributed by atoms with Crippen LogP contribution in [0.2, 0.25) is 0 Å². The number of hydrogen-bond donors (Lipinski definition) is 3. The summed E-state index contributed by atoms with van der Waals surface area (Å²) in [7, 11) is 1.83. The quantitative estimate of drug-likeness (QED) is 0.166. The molecule has 0 spiro atoms. The molecule has 5 heterocycles. The first-order valence-corrected chi connectivity index (χ1v) is 17.1. The highest BCUT2D eigenvalue weighted by atomic mass is 16.5. The number of ether oxygens (including phenoxy) is 2. The monoisotopic (exact) mass is 653 g/mol. The molecule has 2 aliphatic rings. The molecule has 3 aromatic rings. The van der Waals surface area contributed by atoms with Crippen molar-refractivity contribution in [2.75, 3.05) is 46.6 Å². The summed E-state index contributed by atoms with van der Waals surface area (Å²) >= 11 is 0. The van der Waals surface area contributed by atoms with Crippen molar-refractivity contribution in [3.63, 3.8) is 0 Å². The van der Waals surface area contributed by atoms with Gasteiger partial charge in [-0.2, -0.15) is 0 Å². The van der Waals surface area contributed by atoms with E-state index in [1.165, 1.54) is 11.1 Å². The molecule has 0 aliphatic carbocycles. The minimum atomic E-state index is -0.00320. The number of amides is 1. The molecule has 0 fully saturated rings. The lowest BCUT2D eigenvalue weighted by Crippen LogP contribution is -2.30. The first-order valence-electron chi connectivity index (χ1n) is 17.1. The Balaban J connectivity index is 1.54. The number of H-pyrrole nitrogens is 2. The lowest BCUT2D eigenvalue weighted by Gasteiger charge is -2.20. The molecule has 0 aromatic carbocycles. The molecule has 9 nitrogen and oxygen atoms in total. The van der Waals surface area contributed by atoms with Crippen molar-refractivity contribution in [3.05, 3.63) is 75.9 Å². The number of allylic oxidation sites excluding steroid dienone is 2. The van der Waals surface area contributed by atoms with Gasteiger partial charge in [-0.25, -0.2) is 4.98 Å². The zero-order valence-corrected chi connectivity index (χ0v) is 29.6. The second-order valence-corrected chi connectivity index (χ2v) is 13.0. The molecule has 256 valence electrons. The van der Waals surface area contributed by atoms with Crippen LogP contribution in [0, 0.1) is 20.8 Å². The highest BCUT2D eigenvalue weighted by Gasteiger charge is 2.31. The van der Waals surface area contributed by atoms with E-state index in [2.05, 4.69) is 82.4 Å². The fourth-order valence-corrected chi connectivity index (χ4v) is 6.86. The summed E-state index contributed by atoms with van der Waals surface area (Å²) < 4.78 is 10.8. The second-order valence-electron chi connectivity index (χ2n) is 13.0. The van der Waals surface area contributed by atoms with Crippen LogP contribution in [0.1, 0.15) is 96.9 Å². The molecule has 3 N–H and O–H groups in total. The Hall–Kier alpha value is -4.05. The summed E-state index contributed by atoms with van der Waals surface area (Å²) in [6, 6.07) is 8.68. The van der Waals surface area contributed by atoms with Crippen molar-refractivity contribution in [2.45, 2.75) is 72.6 Å². The number of nitrogens with zero attached hydrogens (tertiary/aromatic N) is 3. The zero-order valence-electron chi connectivity index (χ0n) is 29.6. The Morgan fingerprint density at radius 3 is 2.33 bits per heavy atom. The van der Waals surface area contributed by atoms with Gasteiger partial charge < -0.3 is 29.4 Å². The summed E-state index contributed by atoms with van der Waals surface area (Å²) in [5, 5.41) is 8.81. The molecule has 0 saturated carbocycles. The Labute approximate surface area is 284 Å². The highest BCUT2D eigenvalue weighted by Crippen LogP contribution is 2.42. The molecule has 2 atom stereocenters. The van der Waals surface area contributed by atoms with Gasteiger partial charge in [0.05, 0.1) is 44.4 Å². The molecular weight excluding hydrogens is 602 g/mol. The van der Waals surface area contributed by atoms with Crippen LogP contribution in [0.25, 0.3) is 39.3 Å². The fraction of sp³-hybridized carbons (Fsp3) is 0.462. The van der Waals surface area contributed by atoms with E-state index in [0.29, 0.717) is 45.8 Å². The van der Waals surface area contributed by atoms with Crippen molar-refractivity contribution >= 4 is 45.2 Å². The summed E-state index contributed by atoms with van der Waals surface area (Å²) in [6.45, 7) is 19.2. The molecule has 0 unspecified atom stereocenters. The van der Waals surface area contributed by atoms with Gasteiger partial charge in [0.2, 0.25) is 5.91 Å². The number of fused-ring (bicyclic) bond motifs is 8. The molecular formula is C39H51N5O4. The number of aromatic nitrogens is 4. The normalized spacial score (nSPS) is 16.1. The zero-order chi connectivity index (χ0) is 34.5. The van der Waals surface area contributed by atoms with Gasteiger partial charge in [0, 0.05) is 70.9 Å². The van der Waals surface area contributed by atoms with Crippen LogP contribution in [-0.4, -0.2) is 82.5 Å². The van der Waals surface area contributed by atoms with Crippen molar-refractivity contribution in [1.29, 1.82) is 0 Å². The van der Waals surface area contributed by atoms with Gasteiger partial charge in [-0.15, -0.1) is 0 Å². The largest absolute Gasteiger partial charge is 0.394 e. The smallest absolute Gasteiger partial charge is 0.222 e. The summed E-state index contributed by atoms with van der Waals surface area (Å²) in [5.74, 6) is 0.277. The topological polar surface area (TPSA) is 116 Å². The lowest BCUT2D eigenvalue weighted by molar-refractivity contribution is -0.130. The molecule has 9 heteroatoms. The number of carbonyl (C=O) groups excluding carboxylic acids is 1. The summed E-state index contributed by atoms with van der Waals surface area (Å²) in [6.07, 6.45) is 3.91. The summed E-state index contributed by atoms with van der Waals surface area (Å²) in [4.78, 5) is 32.7. The van der Waals surface area contributed by atoms with Crippen LogP contribution in [0.4, 0.5) is 0 Å². The maximum atomic E-state index is 13.3. The number of hydrogen-bond acceptors (Lipinski definition) is 6. The molecule has 8 bridgehead atoms. The average Bonchev–Trinajstić information content (AvgIpc) is 3.77. The Bertz CT molecular complexity index is 1870. The van der Waals surface area contributed by atoms with E-state index in [1.54, 1.807) is 4.90 Å². The fourth-order valence-electron chi connectivity index (χ4n) is 6.86. The number of aryl methyl sites for hydroxylation is 3. The number of nitrogens with one attached hydrogen (secondary N) is 2. The third kappa shape index (κ3) is 7.33. The van der Waals surface area contributed by atoms with Crippen LogP contribution < -0.4 is 0 Å². The third-order valence-corrected chi connectivity index (χ3v) is 9.95. The molecule has 0 radical (unpaired) electrons. The first-order chi connectivity index (χ1) is 23.1.